The second-order valence-electron chi connectivity index (χ2n) is 8.17. The summed E-state index contributed by atoms with van der Waals surface area (Å²) in [6, 6.07) is 10.1. The Hall–Kier alpha value is -1.63. The van der Waals surface area contributed by atoms with E-state index in [1.165, 1.54) is 19.3 Å². The molecule has 23 heavy (non-hydrogen) atoms. The monoisotopic (exact) mass is 308 g/mol. The Labute approximate surface area is 140 Å². The smallest absolute Gasteiger partial charge is 0.161 e. The van der Waals surface area contributed by atoms with E-state index in [0.29, 0.717) is 0 Å². The summed E-state index contributed by atoms with van der Waals surface area (Å²) in [4.78, 5) is 12.9. The van der Waals surface area contributed by atoms with Gasteiger partial charge >= 0.3 is 0 Å². The number of hydrogen-bond donors (Lipinski definition) is 0. The van der Waals surface area contributed by atoms with Gasteiger partial charge in [0.1, 0.15) is 0 Å². The van der Waals surface area contributed by atoms with Gasteiger partial charge in [-0.3, -0.25) is 4.79 Å². The molecule has 1 heteroatoms. The lowest BCUT2D eigenvalue weighted by Gasteiger charge is -2.44. The standard InChI is InChI=1S/C22H28O/c1-21(2)14-7-10-18-13-15-22(3,16-19(18)21)20(23)12-11-17-8-5-4-6-9-17/h4-6,8-9,11-12H,7,10,13-16H2,1-3H3/b12-11+/t22-/m0/s1. The van der Waals surface area contributed by atoms with Crippen LogP contribution in [0.3, 0.4) is 0 Å². The summed E-state index contributed by atoms with van der Waals surface area (Å²) in [6.45, 7) is 6.88. The van der Waals surface area contributed by atoms with Crippen LogP contribution < -0.4 is 0 Å². The lowest BCUT2D eigenvalue weighted by Crippen LogP contribution is -2.35. The zero-order valence-corrected chi connectivity index (χ0v) is 14.7. The maximum absolute atomic E-state index is 12.9. The van der Waals surface area contributed by atoms with Gasteiger partial charge in [-0.25, -0.2) is 0 Å². The summed E-state index contributed by atoms with van der Waals surface area (Å²) in [5, 5.41) is 0. The first-order valence-corrected chi connectivity index (χ1v) is 8.90. The highest BCUT2D eigenvalue weighted by Gasteiger charge is 2.41. The quantitative estimate of drug-likeness (QED) is 0.497. The van der Waals surface area contributed by atoms with Crippen molar-refractivity contribution in [1.82, 2.24) is 0 Å². The van der Waals surface area contributed by atoms with Crippen molar-refractivity contribution in [3.8, 4) is 0 Å². The Balaban J connectivity index is 1.79. The van der Waals surface area contributed by atoms with E-state index in [2.05, 4.69) is 20.8 Å². The van der Waals surface area contributed by atoms with E-state index >= 15 is 0 Å². The van der Waals surface area contributed by atoms with Gasteiger partial charge in [-0.1, -0.05) is 68.3 Å². The highest BCUT2D eigenvalue weighted by atomic mass is 16.1. The van der Waals surface area contributed by atoms with Crippen molar-refractivity contribution in [2.75, 3.05) is 0 Å². The van der Waals surface area contributed by atoms with Crippen molar-refractivity contribution in [2.45, 2.75) is 59.3 Å². The molecule has 0 spiro atoms. The van der Waals surface area contributed by atoms with Gasteiger partial charge in [0.15, 0.2) is 5.78 Å². The highest BCUT2D eigenvalue weighted by molar-refractivity contribution is 5.98. The molecule has 0 saturated heterocycles. The lowest BCUT2D eigenvalue weighted by atomic mass is 9.60. The first-order valence-electron chi connectivity index (χ1n) is 8.90. The maximum Gasteiger partial charge on any atom is 0.161 e. The maximum atomic E-state index is 12.9. The number of hydrogen-bond acceptors (Lipinski definition) is 1. The molecule has 0 N–H and O–H groups in total. The fourth-order valence-corrected chi connectivity index (χ4v) is 4.22. The molecule has 3 rings (SSSR count). The van der Waals surface area contributed by atoms with Crippen LogP contribution in [0, 0.1) is 10.8 Å². The Kier molecular flexibility index (Phi) is 4.31. The zero-order valence-electron chi connectivity index (χ0n) is 14.7. The topological polar surface area (TPSA) is 17.1 Å². The number of carbonyl (C=O) groups excluding carboxylic acids is 1. The Bertz CT molecular complexity index is 648. The number of ketones is 1. The summed E-state index contributed by atoms with van der Waals surface area (Å²) < 4.78 is 0. The molecule has 0 amide bonds. The van der Waals surface area contributed by atoms with E-state index < -0.39 is 0 Å². The fraction of sp³-hybridized carbons (Fsp3) is 0.500. The lowest BCUT2D eigenvalue weighted by molar-refractivity contribution is -0.123. The summed E-state index contributed by atoms with van der Waals surface area (Å²) in [6.07, 6.45) is 10.6. The summed E-state index contributed by atoms with van der Waals surface area (Å²) in [5.41, 5.74) is 4.38. The molecule has 2 aliphatic rings. The van der Waals surface area contributed by atoms with Crippen LogP contribution in [0.1, 0.15) is 64.9 Å². The van der Waals surface area contributed by atoms with Crippen LogP contribution in [-0.2, 0) is 4.79 Å². The first kappa shape index (κ1) is 16.2. The predicted molar refractivity (Wildman–Crippen MR) is 97.1 cm³/mol. The van der Waals surface area contributed by atoms with E-state index in [4.69, 9.17) is 0 Å². The minimum absolute atomic E-state index is 0.223. The van der Waals surface area contributed by atoms with Gasteiger partial charge in [-0.2, -0.15) is 0 Å². The fourth-order valence-electron chi connectivity index (χ4n) is 4.22. The third-order valence-electron chi connectivity index (χ3n) is 5.89. The molecule has 0 saturated carbocycles. The molecular formula is C22H28O. The molecule has 0 unspecified atom stereocenters. The molecule has 1 nitrogen and oxygen atoms in total. The van der Waals surface area contributed by atoms with Crippen LogP contribution in [-0.4, -0.2) is 5.78 Å². The predicted octanol–water partition coefficient (Wildman–Crippen LogP) is 5.97. The van der Waals surface area contributed by atoms with Gasteiger partial charge in [0.25, 0.3) is 0 Å². The second-order valence-corrected chi connectivity index (χ2v) is 8.17. The average molecular weight is 308 g/mol. The third kappa shape index (κ3) is 3.34. The van der Waals surface area contributed by atoms with Crippen molar-refractivity contribution in [2.24, 2.45) is 10.8 Å². The molecule has 0 heterocycles. The van der Waals surface area contributed by atoms with Crippen LogP contribution in [0.4, 0.5) is 0 Å². The Morgan fingerprint density at radius 1 is 1.04 bits per heavy atom. The molecule has 122 valence electrons. The van der Waals surface area contributed by atoms with Crippen LogP contribution in [0.15, 0.2) is 47.6 Å². The van der Waals surface area contributed by atoms with Crippen molar-refractivity contribution in [3.63, 3.8) is 0 Å². The molecule has 1 aromatic carbocycles. The van der Waals surface area contributed by atoms with Gasteiger partial charge in [-0.15, -0.1) is 0 Å². The molecule has 1 aromatic rings. The Morgan fingerprint density at radius 3 is 2.52 bits per heavy atom. The van der Waals surface area contributed by atoms with Gasteiger partial charge < -0.3 is 0 Å². The highest BCUT2D eigenvalue weighted by Crippen LogP contribution is 2.51. The molecule has 0 fully saturated rings. The average Bonchev–Trinajstić information content (AvgIpc) is 2.54. The van der Waals surface area contributed by atoms with Crippen molar-refractivity contribution < 1.29 is 4.79 Å². The van der Waals surface area contributed by atoms with E-state index in [9.17, 15) is 4.79 Å². The summed E-state index contributed by atoms with van der Waals surface area (Å²) >= 11 is 0. The largest absolute Gasteiger partial charge is 0.294 e. The van der Waals surface area contributed by atoms with Gasteiger partial charge in [0.2, 0.25) is 0 Å². The van der Waals surface area contributed by atoms with Crippen molar-refractivity contribution in [3.05, 3.63) is 53.1 Å². The molecule has 0 bridgehead atoms. The minimum Gasteiger partial charge on any atom is -0.294 e. The summed E-state index contributed by atoms with van der Waals surface area (Å²) in [5.74, 6) is 0.286. The third-order valence-corrected chi connectivity index (χ3v) is 5.89. The van der Waals surface area contributed by atoms with Crippen molar-refractivity contribution in [1.29, 1.82) is 0 Å². The number of benzene rings is 1. The van der Waals surface area contributed by atoms with Gasteiger partial charge in [0, 0.05) is 5.41 Å². The molecule has 0 radical (unpaired) electrons. The van der Waals surface area contributed by atoms with Gasteiger partial charge in [0.05, 0.1) is 0 Å². The zero-order chi connectivity index (χ0) is 16.5. The summed E-state index contributed by atoms with van der Waals surface area (Å²) in [7, 11) is 0. The van der Waals surface area contributed by atoms with Gasteiger partial charge in [-0.05, 0) is 55.6 Å². The second kappa shape index (κ2) is 6.11. The molecule has 0 aromatic heterocycles. The van der Waals surface area contributed by atoms with E-state index in [0.717, 1.165) is 24.8 Å². The number of rotatable bonds is 3. The molecular weight excluding hydrogens is 280 g/mol. The normalized spacial score (nSPS) is 27.1. The van der Waals surface area contributed by atoms with Crippen LogP contribution >= 0.6 is 0 Å². The van der Waals surface area contributed by atoms with Crippen LogP contribution in [0.25, 0.3) is 6.08 Å². The van der Waals surface area contributed by atoms with Crippen LogP contribution in [0.2, 0.25) is 0 Å². The van der Waals surface area contributed by atoms with E-state index in [1.807, 2.05) is 36.4 Å². The number of allylic oxidation sites excluding steroid dienone is 3. The molecule has 0 aliphatic heterocycles. The molecule has 1 atom stereocenters. The minimum atomic E-state index is -0.223. The first-order chi connectivity index (χ1) is 10.9. The number of carbonyl (C=O) groups is 1. The SMILES string of the molecule is CC1(C)CCCC2=C1C[C@@](C)(C(=O)/C=C/c1ccccc1)CC2. The van der Waals surface area contributed by atoms with Crippen LogP contribution in [0.5, 0.6) is 0 Å². The van der Waals surface area contributed by atoms with E-state index in [-0.39, 0.29) is 16.6 Å². The Morgan fingerprint density at radius 2 is 1.78 bits per heavy atom. The van der Waals surface area contributed by atoms with E-state index in [1.54, 1.807) is 17.2 Å². The van der Waals surface area contributed by atoms with Crippen molar-refractivity contribution >= 4 is 11.9 Å². The molecule has 2 aliphatic carbocycles.